The normalized spacial score (nSPS) is 24.8. The van der Waals surface area contributed by atoms with Crippen molar-refractivity contribution in [1.29, 1.82) is 0 Å². The minimum Gasteiger partial charge on any atom is -0.453 e. The molecule has 30 heavy (non-hydrogen) atoms. The number of rotatable bonds is 2. The van der Waals surface area contributed by atoms with Crippen LogP contribution < -0.4 is 0 Å². The highest BCUT2D eigenvalue weighted by Crippen LogP contribution is 2.60. The third-order valence-electron chi connectivity index (χ3n) is 5.74. The lowest BCUT2D eigenvalue weighted by atomic mass is 9.85. The van der Waals surface area contributed by atoms with Gasteiger partial charge >= 0.3 is 0 Å². The van der Waals surface area contributed by atoms with Gasteiger partial charge in [0, 0.05) is 16.7 Å². The van der Waals surface area contributed by atoms with Gasteiger partial charge in [0.05, 0.1) is 15.8 Å². The molecule has 146 valence electrons. The average molecular weight is 413 g/mol. The zero-order valence-corrected chi connectivity index (χ0v) is 16.4. The maximum absolute atomic E-state index is 13.4. The lowest BCUT2D eigenvalue weighted by Gasteiger charge is -2.30. The summed E-state index contributed by atoms with van der Waals surface area (Å²) in [6.07, 6.45) is 0. The van der Waals surface area contributed by atoms with Crippen LogP contribution in [0, 0.1) is 0 Å². The molecule has 0 bridgehead atoms. The van der Waals surface area contributed by atoms with Gasteiger partial charge < -0.3 is 14.9 Å². The van der Waals surface area contributed by atoms with Crippen LogP contribution >= 0.6 is 11.3 Å². The van der Waals surface area contributed by atoms with Crippen LogP contribution in [0.25, 0.3) is 21.5 Å². The minimum absolute atomic E-state index is 0.193. The summed E-state index contributed by atoms with van der Waals surface area (Å²) in [7, 11) is 0. The quantitative estimate of drug-likeness (QED) is 0.520. The standard InChI is InChI=1S/C24H15NO4S/c26-21-15-10-4-5-11-16(15)24(28)23(21,27)19(20(29-24)14-8-2-1-3-9-14)22-25-17-12-6-7-13-18(17)30-22/h1-13,27-28H/t23-,24-/m0/s1. The number of para-hydroxylation sites is 1. The molecule has 3 aromatic carbocycles. The second-order valence-electron chi connectivity index (χ2n) is 7.39. The van der Waals surface area contributed by atoms with E-state index in [1.165, 1.54) is 11.3 Å². The van der Waals surface area contributed by atoms with Gasteiger partial charge in [-0.15, -0.1) is 11.3 Å². The minimum atomic E-state index is -2.30. The topological polar surface area (TPSA) is 79.7 Å². The number of aliphatic hydroxyl groups is 2. The van der Waals surface area contributed by atoms with E-state index in [1.807, 2.05) is 54.6 Å². The number of fused-ring (bicyclic) bond motifs is 4. The summed E-state index contributed by atoms with van der Waals surface area (Å²) in [6.45, 7) is 0. The van der Waals surface area contributed by atoms with Crippen molar-refractivity contribution < 1.29 is 19.7 Å². The van der Waals surface area contributed by atoms with Gasteiger partial charge in [-0.1, -0.05) is 66.7 Å². The van der Waals surface area contributed by atoms with Gasteiger partial charge in [-0.2, -0.15) is 0 Å². The number of nitrogens with zero attached hydrogens (tertiary/aromatic N) is 1. The molecular weight excluding hydrogens is 398 g/mol. The van der Waals surface area contributed by atoms with E-state index < -0.39 is 17.2 Å². The number of aromatic nitrogens is 1. The van der Waals surface area contributed by atoms with Crippen LogP contribution in [0.15, 0.2) is 78.9 Å². The second kappa shape index (κ2) is 5.86. The number of ether oxygens (including phenoxy) is 1. The highest BCUT2D eigenvalue weighted by atomic mass is 32.1. The van der Waals surface area contributed by atoms with Crippen LogP contribution in [-0.2, 0) is 10.5 Å². The van der Waals surface area contributed by atoms with E-state index >= 15 is 0 Å². The molecular formula is C24H15NO4S. The molecule has 0 radical (unpaired) electrons. The molecule has 1 aliphatic carbocycles. The van der Waals surface area contributed by atoms with Gasteiger partial charge in [-0.05, 0) is 12.1 Å². The van der Waals surface area contributed by atoms with Gasteiger partial charge in [-0.3, -0.25) is 4.79 Å². The van der Waals surface area contributed by atoms with Crippen molar-refractivity contribution in [1.82, 2.24) is 4.98 Å². The second-order valence-corrected chi connectivity index (χ2v) is 8.42. The molecule has 4 aromatic rings. The fourth-order valence-corrected chi connectivity index (χ4v) is 5.38. The largest absolute Gasteiger partial charge is 0.453 e. The Balaban J connectivity index is 1.68. The zero-order valence-electron chi connectivity index (χ0n) is 15.6. The Kier molecular flexibility index (Phi) is 3.42. The molecule has 0 saturated carbocycles. The molecule has 2 aliphatic rings. The average Bonchev–Trinajstić information content (AvgIpc) is 3.36. The summed E-state index contributed by atoms with van der Waals surface area (Å²) in [5, 5.41) is 23.9. The number of carbonyl (C=O) groups is 1. The molecule has 2 N–H and O–H groups in total. The lowest BCUT2D eigenvalue weighted by Crippen LogP contribution is -2.50. The Hall–Kier alpha value is -3.32. The van der Waals surface area contributed by atoms with Crippen molar-refractivity contribution in [3.63, 3.8) is 0 Å². The van der Waals surface area contributed by atoms with Crippen LogP contribution in [0.4, 0.5) is 0 Å². The third-order valence-corrected chi connectivity index (χ3v) is 6.79. The van der Waals surface area contributed by atoms with Crippen molar-refractivity contribution >= 4 is 38.7 Å². The molecule has 0 amide bonds. The number of ketones is 1. The number of thiazole rings is 1. The molecule has 0 fully saturated rings. The van der Waals surface area contributed by atoms with Crippen LogP contribution in [0.2, 0.25) is 0 Å². The van der Waals surface area contributed by atoms with Crippen molar-refractivity contribution in [3.8, 4) is 0 Å². The Morgan fingerprint density at radius 3 is 2.37 bits per heavy atom. The maximum atomic E-state index is 13.4. The molecule has 2 atom stereocenters. The maximum Gasteiger partial charge on any atom is 0.277 e. The van der Waals surface area contributed by atoms with E-state index in [4.69, 9.17) is 4.74 Å². The summed E-state index contributed by atoms with van der Waals surface area (Å²) >= 11 is 1.35. The van der Waals surface area contributed by atoms with E-state index in [2.05, 4.69) is 4.98 Å². The number of hydrogen-bond donors (Lipinski definition) is 2. The number of Topliss-reactive ketones (excluding diaryl/α,β-unsaturated/α-hetero) is 1. The lowest BCUT2D eigenvalue weighted by molar-refractivity contribution is -0.220. The van der Waals surface area contributed by atoms with Crippen molar-refractivity contribution in [2.75, 3.05) is 0 Å². The highest BCUT2D eigenvalue weighted by Gasteiger charge is 2.72. The molecule has 5 nitrogen and oxygen atoms in total. The molecule has 0 unspecified atom stereocenters. The summed E-state index contributed by atoms with van der Waals surface area (Å²) in [6, 6.07) is 23.3. The van der Waals surface area contributed by atoms with Crippen molar-refractivity contribution in [2.45, 2.75) is 11.4 Å². The molecule has 6 heteroatoms. The molecule has 1 aliphatic heterocycles. The Morgan fingerprint density at radius 2 is 1.57 bits per heavy atom. The fourth-order valence-electron chi connectivity index (χ4n) is 4.32. The first-order chi connectivity index (χ1) is 14.5. The SMILES string of the molecule is O=C1c2ccccc2[C@]2(O)OC(c3ccccc3)=C(c3nc4ccccc4s3)[C@]12O. The van der Waals surface area contributed by atoms with Gasteiger partial charge in [-0.25, -0.2) is 4.98 Å². The summed E-state index contributed by atoms with van der Waals surface area (Å²) in [4.78, 5) is 18.1. The number of hydrogen-bond acceptors (Lipinski definition) is 6. The zero-order chi connectivity index (χ0) is 20.5. The third kappa shape index (κ3) is 2.02. The predicted molar refractivity (Wildman–Crippen MR) is 114 cm³/mol. The van der Waals surface area contributed by atoms with E-state index in [9.17, 15) is 15.0 Å². The van der Waals surface area contributed by atoms with Gasteiger partial charge in [0.1, 0.15) is 10.8 Å². The Morgan fingerprint density at radius 1 is 0.867 bits per heavy atom. The van der Waals surface area contributed by atoms with Gasteiger partial charge in [0.25, 0.3) is 5.79 Å². The molecule has 2 heterocycles. The first-order valence-corrected chi connectivity index (χ1v) is 10.3. The highest BCUT2D eigenvalue weighted by molar-refractivity contribution is 7.19. The smallest absolute Gasteiger partial charge is 0.277 e. The molecule has 0 saturated heterocycles. The summed E-state index contributed by atoms with van der Waals surface area (Å²) < 4.78 is 6.96. The first-order valence-electron chi connectivity index (χ1n) is 9.48. The van der Waals surface area contributed by atoms with Crippen molar-refractivity contribution in [2.24, 2.45) is 0 Å². The Bertz CT molecular complexity index is 1340. The van der Waals surface area contributed by atoms with E-state index in [0.29, 0.717) is 10.6 Å². The van der Waals surface area contributed by atoms with Gasteiger partial charge in [0.15, 0.2) is 0 Å². The van der Waals surface area contributed by atoms with Crippen LogP contribution in [0.3, 0.4) is 0 Å². The van der Waals surface area contributed by atoms with Gasteiger partial charge in [0.2, 0.25) is 11.4 Å². The summed E-state index contributed by atoms with van der Waals surface area (Å²) in [5.74, 6) is -2.57. The monoisotopic (exact) mass is 413 g/mol. The van der Waals surface area contributed by atoms with E-state index in [0.717, 1.165) is 10.2 Å². The van der Waals surface area contributed by atoms with Crippen LogP contribution in [0.5, 0.6) is 0 Å². The molecule has 1 aromatic heterocycles. The fraction of sp³-hybridized carbons (Fsp3) is 0.0833. The van der Waals surface area contributed by atoms with E-state index in [1.54, 1.807) is 24.3 Å². The molecule has 0 spiro atoms. The van der Waals surface area contributed by atoms with Crippen molar-refractivity contribution in [3.05, 3.63) is 101 Å². The number of carbonyl (C=O) groups excluding carboxylic acids is 1. The molecule has 6 rings (SSSR count). The Labute approximate surface area is 175 Å². The number of benzene rings is 3. The van der Waals surface area contributed by atoms with E-state index in [-0.39, 0.29) is 22.5 Å². The first kappa shape index (κ1) is 17.5. The van der Waals surface area contributed by atoms with Crippen LogP contribution in [0.1, 0.15) is 26.5 Å². The predicted octanol–water partition coefficient (Wildman–Crippen LogP) is 3.97. The van der Waals surface area contributed by atoms with Crippen LogP contribution in [-0.4, -0.2) is 26.6 Å². The summed E-state index contributed by atoms with van der Waals surface area (Å²) in [5.41, 5.74) is -0.211.